The molecule has 0 unspecified atom stereocenters. The van der Waals surface area contributed by atoms with E-state index in [1.807, 2.05) is 0 Å². The molecule has 8 aromatic carbocycles. The van der Waals surface area contributed by atoms with Crippen LogP contribution in [0.15, 0.2) is 185 Å². The maximum absolute atomic E-state index is 3.20. The zero-order chi connectivity index (χ0) is 41.2. The number of fused-ring (bicyclic) bond motifs is 5. The van der Waals surface area contributed by atoms with Gasteiger partial charge in [-0.1, -0.05) is 0 Å². The second-order valence-corrected chi connectivity index (χ2v) is 24.7. The molecule has 0 heterocycles. The SMILES string of the molecule is CC(C)(C)c1cc2c(cc1-c1ccccc1)Cc1c-2cc(C(C)(C)C)c(-c2ccccc2)[c]1[Zr]([C]1=CC=CC1)=[C](c1ccc2ccccc2c1)c1ccc2ccccc2c1. The first-order valence-electron chi connectivity index (χ1n) is 21.6. The molecule has 0 radical (unpaired) electrons. The van der Waals surface area contributed by atoms with Gasteiger partial charge in [-0.3, -0.25) is 0 Å². The Bertz CT molecular complexity index is 2990. The predicted molar refractivity (Wildman–Crippen MR) is 256 cm³/mol. The van der Waals surface area contributed by atoms with Crippen molar-refractivity contribution in [2.24, 2.45) is 0 Å². The van der Waals surface area contributed by atoms with E-state index in [1.165, 1.54) is 82.7 Å². The zero-order valence-electron chi connectivity index (χ0n) is 35.7. The number of hydrogen-bond acceptors (Lipinski definition) is 0. The van der Waals surface area contributed by atoms with Gasteiger partial charge in [-0.2, -0.15) is 0 Å². The average molecular weight is 852 g/mol. The Morgan fingerprint density at radius 1 is 0.483 bits per heavy atom. The first-order valence-corrected chi connectivity index (χ1v) is 25.3. The summed E-state index contributed by atoms with van der Waals surface area (Å²) >= 11 is -3.20. The fourth-order valence-corrected chi connectivity index (χ4v) is 18.3. The molecular formula is C59H52Zr. The fraction of sp³-hybridized carbons (Fsp3) is 0.169. The summed E-state index contributed by atoms with van der Waals surface area (Å²) in [6, 6.07) is 62.6. The molecule has 0 amide bonds. The predicted octanol–water partition coefficient (Wildman–Crippen LogP) is 14.8. The van der Waals surface area contributed by atoms with Crippen LogP contribution >= 0.6 is 0 Å². The summed E-state index contributed by atoms with van der Waals surface area (Å²) < 4.78 is 4.84. The number of benzene rings is 8. The molecule has 0 saturated carbocycles. The molecule has 2 aliphatic carbocycles. The van der Waals surface area contributed by atoms with E-state index >= 15 is 0 Å². The van der Waals surface area contributed by atoms with Gasteiger partial charge in [0.05, 0.1) is 0 Å². The van der Waals surface area contributed by atoms with Crippen molar-refractivity contribution >= 4 is 28.0 Å². The Morgan fingerprint density at radius 2 is 1.02 bits per heavy atom. The second kappa shape index (κ2) is 15.2. The third kappa shape index (κ3) is 6.96. The van der Waals surface area contributed by atoms with Crippen LogP contribution in [0.5, 0.6) is 0 Å². The van der Waals surface area contributed by atoms with Crippen LogP contribution in [0.3, 0.4) is 0 Å². The van der Waals surface area contributed by atoms with Crippen molar-refractivity contribution in [3.05, 3.63) is 219 Å². The molecule has 0 bridgehead atoms. The van der Waals surface area contributed by atoms with Crippen molar-refractivity contribution in [3.63, 3.8) is 0 Å². The summed E-state index contributed by atoms with van der Waals surface area (Å²) in [5, 5.41) is 5.15. The molecule has 0 aromatic heterocycles. The average Bonchev–Trinajstić information content (AvgIpc) is 3.93. The van der Waals surface area contributed by atoms with Gasteiger partial charge in [-0.05, 0) is 0 Å². The molecule has 0 atom stereocenters. The van der Waals surface area contributed by atoms with Gasteiger partial charge in [0.1, 0.15) is 0 Å². The Kier molecular flexibility index (Phi) is 9.81. The summed E-state index contributed by atoms with van der Waals surface area (Å²) in [5.74, 6) is 0. The van der Waals surface area contributed by atoms with Crippen molar-refractivity contribution < 1.29 is 21.3 Å². The van der Waals surface area contributed by atoms with Crippen LogP contribution in [0.2, 0.25) is 0 Å². The van der Waals surface area contributed by atoms with E-state index < -0.39 is 21.3 Å². The van der Waals surface area contributed by atoms with Crippen LogP contribution in [0.1, 0.15) is 81.3 Å². The van der Waals surface area contributed by atoms with Gasteiger partial charge >= 0.3 is 367 Å². The monoisotopic (exact) mass is 850 g/mol. The molecule has 2 aliphatic rings. The molecule has 60 heavy (non-hydrogen) atoms. The zero-order valence-corrected chi connectivity index (χ0v) is 38.2. The molecule has 0 aliphatic heterocycles. The quantitative estimate of drug-likeness (QED) is 0.156. The van der Waals surface area contributed by atoms with Gasteiger partial charge in [0.2, 0.25) is 0 Å². The molecule has 0 nitrogen and oxygen atoms in total. The van der Waals surface area contributed by atoms with Crippen LogP contribution in [-0.4, -0.2) is 3.21 Å². The van der Waals surface area contributed by atoms with Crippen LogP contribution < -0.4 is 3.27 Å². The first-order chi connectivity index (χ1) is 29.0. The summed E-state index contributed by atoms with van der Waals surface area (Å²) in [5.41, 5.74) is 16.7. The third-order valence-corrected chi connectivity index (χ3v) is 20.5. The van der Waals surface area contributed by atoms with Gasteiger partial charge in [-0.15, -0.1) is 0 Å². The minimum absolute atomic E-state index is 0.0308. The number of hydrogen-bond donors (Lipinski definition) is 0. The molecule has 0 spiro atoms. The van der Waals surface area contributed by atoms with Crippen molar-refractivity contribution in [2.45, 2.75) is 65.2 Å². The summed E-state index contributed by atoms with van der Waals surface area (Å²) in [4.78, 5) is 0. The fourth-order valence-electron chi connectivity index (χ4n) is 9.85. The van der Waals surface area contributed by atoms with E-state index in [1.54, 1.807) is 15.3 Å². The van der Waals surface area contributed by atoms with Crippen molar-refractivity contribution in [1.82, 2.24) is 0 Å². The standard InChI is InChI=1S/C33H33.C21H14.C5H5.Zr/c1-32(2,3)30-20-26-24(18-28(30)22-13-9-7-10-14-22)17-25-19-29(23-15-11-8-12-16-23)31(21-27(25)26)33(4,5)6;1-3-7-20-14-16(9-11-18(20)5-1)13-17-10-12-19-6-2-4-8-21(19)15-17;1-2-4-5-3-1;/h7-16,18,20-21H,17H2,1-6H3;1-12,14-15H;1-3H,4H2;. The Balaban J connectivity index is 1.38. The van der Waals surface area contributed by atoms with E-state index in [0.29, 0.717) is 0 Å². The summed E-state index contributed by atoms with van der Waals surface area (Å²) in [7, 11) is 0. The Labute approximate surface area is 364 Å². The summed E-state index contributed by atoms with van der Waals surface area (Å²) in [6.45, 7) is 14.4. The molecule has 0 N–H and O–H groups in total. The van der Waals surface area contributed by atoms with E-state index in [9.17, 15) is 0 Å². The molecule has 0 saturated heterocycles. The van der Waals surface area contributed by atoms with E-state index in [0.717, 1.165) is 12.8 Å². The molecule has 10 rings (SSSR count). The molecule has 0 fully saturated rings. The van der Waals surface area contributed by atoms with E-state index in [-0.39, 0.29) is 10.8 Å². The summed E-state index contributed by atoms with van der Waals surface area (Å²) in [6.07, 6.45) is 9.18. The Morgan fingerprint density at radius 3 is 1.57 bits per heavy atom. The maximum atomic E-state index is 2.62. The number of rotatable bonds is 6. The Hall–Kier alpha value is -5.49. The van der Waals surface area contributed by atoms with Crippen LogP contribution in [0.4, 0.5) is 0 Å². The van der Waals surface area contributed by atoms with Gasteiger partial charge in [0.15, 0.2) is 0 Å². The van der Waals surface area contributed by atoms with Gasteiger partial charge in [-0.25, -0.2) is 0 Å². The van der Waals surface area contributed by atoms with Crippen molar-refractivity contribution in [1.29, 1.82) is 0 Å². The third-order valence-electron chi connectivity index (χ3n) is 12.8. The molecule has 292 valence electrons. The molecular weight excluding hydrogens is 800 g/mol. The first kappa shape index (κ1) is 38.7. The van der Waals surface area contributed by atoms with Gasteiger partial charge in [0, 0.05) is 0 Å². The van der Waals surface area contributed by atoms with Crippen LogP contribution in [0, 0.1) is 0 Å². The number of allylic oxidation sites excluding steroid dienone is 4. The van der Waals surface area contributed by atoms with Gasteiger partial charge < -0.3 is 0 Å². The minimum atomic E-state index is -3.20. The normalized spacial score (nSPS) is 13.4. The van der Waals surface area contributed by atoms with E-state index in [4.69, 9.17) is 0 Å². The van der Waals surface area contributed by atoms with Gasteiger partial charge in [0.25, 0.3) is 0 Å². The second-order valence-electron chi connectivity index (χ2n) is 18.9. The van der Waals surface area contributed by atoms with Crippen LogP contribution in [0.25, 0.3) is 54.9 Å². The topological polar surface area (TPSA) is 0 Å². The molecule has 8 aromatic rings. The molecule has 1 heteroatoms. The van der Waals surface area contributed by atoms with Crippen molar-refractivity contribution in [3.8, 4) is 33.4 Å². The van der Waals surface area contributed by atoms with E-state index in [2.05, 4.69) is 224 Å². The van der Waals surface area contributed by atoms with Crippen molar-refractivity contribution in [2.75, 3.05) is 0 Å². The van der Waals surface area contributed by atoms with Crippen LogP contribution in [-0.2, 0) is 38.5 Å².